The summed E-state index contributed by atoms with van der Waals surface area (Å²) in [5, 5.41) is 20.9. The molecule has 102 valence electrons. The number of nitrogens with zero attached hydrogens (tertiary/aromatic N) is 3. The van der Waals surface area contributed by atoms with Crippen LogP contribution in [0.5, 0.6) is 5.75 Å². The van der Waals surface area contributed by atoms with Crippen LogP contribution in [-0.2, 0) is 6.61 Å². The van der Waals surface area contributed by atoms with Crippen LogP contribution in [0.3, 0.4) is 0 Å². The fourth-order valence-electron chi connectivity index (χ4n) is 1.61. The topological polar surface area (TPSA) is 81.2 Å². The monoisotopic (exact) mass is 276 g/mol. The molecule has 0 aliphatic carbocycles. The molecule has 0 bridgehead atoms. The van der Waals surface area contributed by atoms with Crippen LogP contribution in [0.15, 0.2) is 59.7 Å². The quantitative estimate of drug-likeness (QED) is 0.672. The molecule has 1 N–H and O–H groups in total. The molecular weight excluding hydrogens is 264 g/mol. The van der Waals surface area contributed by atoms with Crippen molar-refractivity contribution in [2.75, 3.05) is 5.43 Å². The van der Waals surface area contributed by atoms with Crippen molar-refractivity contribution in [1.82, 2.24) is 0 Å². The molecule has 2 aromatic rings. The minimum atomic E-state index is -0.221. The standard InChI is InChI=1S/C16H12N4O/c17-10-15(11-18)20-19-14-6-4-5-13(9-14)12-21-16-7-2-1-3-8-16/h1-9,19H,12H2. The molecule has 0 saturated heterocycles. The van der Waals surface area contributed by atoms with E-state index < -0.39 is 0 Å². The highest BCUT2D eigenvalue weighted by atomic mass is 16.5. The normalized spacial score (nSPS) is 9.05. The lowest BCUT2D eigenvalue weighted by atomic mass is 10.2. The van der Waals surface area contributed by atoms with E-state index >= 15 is 0 Å². The first-order valence-corrected chi connectivity index (χ1v) is 6.22. The summed E-state index contributed by atoms with van der Waals surface area (Å²) in [6, 6.07) is 20.3. The zero-order valence-corrected chi connectivity index (χ0v) is 11.2. The van der Waals surface area contributed by atoms with Crippen molar-refractivity contribution in [3.05, 3.63) is 60.2 Å². The van der Waals surface area contributed by atoms with E-state index in [-0.39, 0.29) is 5.71 Å². The number of nitrogens with one attached hydrogen (secondary N) is 1. The van der Waals surface area contributed by atoms with Crippen molar-refractivity contribution in [2.45, 2.75) is 6.61 Å². The highest BCUT2D eigenvalue weighted by Gasteiger charge is 1.98. The number of anilines is 1. The van der Waals surface area contributed by atoms with Gasteiger partial charge in [0.15, 0.2) is 0 Å². The second-order valence-corrected chi connectivity index (χ2v) is 4.10. The number of benzene rings is 2. The molecule has 0 aromatic heterocycles. The fraction of sp³-hybridized carbons (Fsp3) is 0.0625. The second kappa shape index (κ2) is 7.32. The summed E-state index contributed by atoms with van der Waals surface area (Å²) in [7, 11) is 0. The van der Waals surface area contributed by atoms with Crippen LogP contribution >= 0.6 is 0 Å². The summed E-state index contributed by atoms with van der Waals surface area (Å²) in [5.41, 5.74) is 4.09. The molecule has 0 amide bonds. The maximum atomic E-state index is 8.61. The number of para-hydroxylation sites is 1. The Hall–Kier alpha value is -3.31. The Morgan fingerprint density at radius 3 is 2.52 bits per heavy atom. The van der Waals surface area contributed by atoms with Gasteiger partial charge in [-0.25, -0.2) is 0 Å². The van der Waals surface area contributed by atoms with E-state index in [1.165, 1.54) is 0 Å². The summed E-state index contributed by atoms with van der Waals surface area (Å²) in [6.45, 7) is 0.423. The molecule has 0 aliphatic heterocycles. The van der Waals surface area contributed by atoms with Gasteiger partial charge in [-0.15, -0.1) is 0 Å². The van der Waals surface area contributed by atoms with Crippen molar-refractivity contribution < 1.29 is 4.74 Å². The summed E-state index contributed by atoms with van der Waals surface area (Å²) < 4.78 is 5.65. The zero-order valence-electron chi connectivity index (χ0n) is 11.2. The van der Waals surface area contributed by atoms with Crippen molar-refractivity contribution in [2.24, 2.45) is 5.10 Å². The zero-order chi connectivity index (χ0) is 14.9. The molecule has 0 radical (unpaired) electrons. The van der Waals surface area contributed by atoms with Gasteiger partial charge in [0.05, 0.1) is 5.69 Å². The maximum absolute atomic E-state index is 8.61. The number of ether oxygens (including phenoxy) is 1. The van der Waals surface area contributed by atoms with Crippen LogP contribution in [-0.4, -0.2) is 5.71 Å². The molecular formula is C16H12N4O. The molecule has 2 rings (SSSR count). The molecule has 5 heteroatoms. The van der Waals surface area contributed by atoms with Gasteiger partial charge in [0.1, 0.15) is 24.5 Å². The Balaban J connectivity index is 2.00. The van der Waals surface area contributed by atoms with Crippen LogP contribution in [0.2, 0.25) is 0 Å². The van der Waals surface area contributed by atoms with E-state index in [1.54, 1.807) is 18.2 Å². The van der Waals surface area contributed by atoms with Gasteiger partial charge in [0, 0.05) is 0 Å². The van der Waals surface area contributed by atoms with Gasteiger partial charge in [-0.3, -0.25) is 5.43 Å². The van der Waals surface area contributed by atoms with Crippen molar-refractivity contribution in [3.63, 3.8) is 0 Å². The van der Waals surface area contributed by atoms with Gasteiger partial charge in [-0.2, -0.15) is 15.6 Å². The third-order valence-corrected chi connectivity index (χ3v) is 2.58. The Labute approximate surface area is 122 Å². The number of rotatable bonds is 5. The summed E-state index contributed by atoms with van der Waals surface area (Å²) in [4.78, 5) is 0. The average Bonchev–Trinajstić information content (AvgIpc) is 2.55. The molecule has 0 aliphatic rings. The lowest BCUT2D eigenvalue weighted by molar-refractivity contribution is 0.306. The summed E-state index contributed by atoms with van der Waals surface area (Å²) in [5.74, 6) is 0.796. The summed E-state index contributed by atoms with van der Waals surface area (Å²) >= 11 is 0. The van der Waals surface area contributed by atoms with Crippen LogP contribution < -0.4 is 10.2 Å². The number of hydrogen-bond donors (Lipinski definition) is 1. The van der Waals surface area contributed by atoms with Crippen molar-refractivity contribution in [1.29, 1.82) is 10.5 Å². The van der Waals surface area contributed by atoms with E-state index in [4.69, 9.17) is 15.3 Å². The van der Waals surface area contributed by atoms with Crippen LogP contribution in [0.25, 0.3) is 0 Å². The first kappa shape index (κ1) is 14.1. The van der Waals surface area contributed by atoms with Crippen LogP contribution in [0.4, 0.5) is 5.69 Å². The minimum Gasteiger partial charge on any atom is -0.489 e. The van der Waals surface area contributed by atoms with Gasteiger partial charge < -0.3 is 4.74 Å². The predicted octanol–water partition coefficient (Wildman–Crippen LogP) is 3.08. The largest absolute Gasteiger partial charge is 0.489 e. The highest BCUT2D eigenvalue weighted by Crippen LogP contribution is 2.14. The lowest BCUT2D eigenvalue weighted by Crippen LogP contribution is -1.99. The summed E-state index contributed by atoms with van der Waals surface area (Å²) in [6.07, 6.45) is 0. The van der Waals surface area contributed by atoms with E-state index in [1.807, 2.05) is 48.5 Å². The van der Waals surface area contributed by atoms with Gasteiger partial charge in [-0.1, -0.05) is 30.3 Å². The van der Waals surface area contributed by atoms with E-state index in [2.05, 4.69) is 10.5 Å². The average molecular weight is 276 g/mol. The number of hydrazone groups is 1. The Morgan fingerprint density at radius 1 is 1.05 bits per heavy atom. The Kier molecular flexibility index (Phi) is 4.92. The smallest absolute Gasteiger partial charge is 0.237 e. The third-order valence-electron chi connectivity index (χ3n) is 2.58. The number of hydrogen-bond acceptors (Lipinski definition) is 5. The lowest BCUT2D eigenvalue weighted by Gasteiger charge is -2.07. The predicted molar refractivity (Wildman–Crippen MR) is 79.5 cm³/mol. The molecule has 0 unspecified atom stereocenters. The van der Waals surface area contributed by atoms with Crippen molar-refractivity contribution in [3.8, 4) is 17.9 Å². The highest BCUT2D eigenvalue weighted by molar-refractivity contribution is 6.10. The fourth-order valence-corrected chi connectivity index (χ4v) is 1.61. The van der Waals surface area contributed by atoms with Gasteiger partial charge in [0.2, 0.25) is 5.71 Å². The number of nitriles is 2. The van der Waals surface area contributed by atoms with Crippen LogP contribution in [0, 0.1) is 22.7 Å². The molecule has 21 heavy (non-hydrogen) atoms. The van der Waals surface area contributed by atoms with E-state index in [9.17, 15) is 0 Å². The maximum Gasteiger partial charge on any atom is 0.237 e. The molecule has 0 heterocycles. The molecule has 0 saturated carbocycles. The Bertz CT molecular complexity index is 695. The molecule has 0 spiro atoms. The van der Waals surface area contributed by atoms with E-state index in [0.717, 1.165) is 11.3 Å². The van der Waals surface area contributed by atoms with Crippen molar-refractivity contribution >= 4 is 11.4 Å². The second-order valence-electron chi connectivity index (χ2n) is 4.10. The van der Waals surface area contributed by atoms with E-state index in [0.29, 0.717) is 12.3 Å². The Morgan fingerprint density at radius 2 is 1.81 bits per heavy atom. The molecule has 2 aromatic carbocycles. The van der Waals surface area contributed by atoms with Gasteiger partial charge >= 0.3 is 0 Å². The van der Waals surface area contributed by atoms with Crippen LogP contribution in [0.1, 0.15) is 5.56 Å². The SMILES string of the molecule is N#CC(C#N)=NNc1cccc(COc2ccccc2)c1. The molecule has 5 nitrogen and oxygen atoms in total. The first-order chi connectivity index (χ1) is 10.3. The minimum absolute atomic E-state index is 0.221. The van der Waals surface area contributed by atoms with Gasteiger partial charge in [-0.05, 0) is 29.8 Å². The first-order valence-electron chi connectivity index (χ1n) is 6.22. The molecule has 0 atom stereocenters. The molecule has 0 fully saturated rings. The van der Waals surface area contributed by atoms with Gasteiger partial charge in [0.25, 0.3) is 0 Å². The third kappa shape index (κ3) is 4.38.